The van der Waals surface area contributed by atoms with E-state index in [1.165, 1.54) is 180 Å². The zero-order chi connectivity index (χ0) is 50.7. The van der Waals surface area contributed by atoms with Crippen LogP contribution in [0.3, 0.4) is 0 Å². The van der Waals surface area contributed by atoms with Crippen LogP contribution in [0.25, 0.3) is 0 Å². The van der Waals surface area contributed by atoms with E-state index < -0.39 is 23.8 Å². The minimum atomic E-state index is -0.980. The third-order valence-electron chi connectivity index (χ3n) is 13.1. The number of thiol groups is 2. The third kappa shape index (κ3) is 42.6. The van der Waals surface area contributed by atoms with Gasteiger partial charge in [0.15, 0.2) is 0 Å². The van der Waals surface area contributed by atoms with Gasteiger partial charge in [-0.25, -0.2) is 0 Å². The molecule has 0 aliphatic rings. The summed E-state index contributed by atoms with van der Waals surface area (Å²) in [6, 6.07) is 19.3. The maximum atomic E-state index is 11.5. The summed E-state index contributed by atoms with van der Waals surface area (Å²) in [7, 11) is 0. The number of allylic oxidation sites excluding steroid dienone is 4. The van der Waals surface area contributed by atoms with Gasteiger partial charge in [0.05, 0.1) is 0 Å². The van der Waals surface area contributed by atoms with E-state index in [0.717, 1.165) is 36.8 Å². The van der Waals surface area contributed by atoms with Gasteiger partial charge in [-0.2, -0.15) is 25.3 Å². The van der Waals surface area contributed by atoms with Crippen molar-refractivity contribution in [3.63, 3.8) is 0 Å². The Kier molecular flexibility index (Phi) is 51.4. The van der Waals surface area contributed by atoms with Gasteiger partial charge < -0.3 is 19.8 Å². The van der Waals surface area contributed by atoms with Gasteiger partial charge in [-0.1, -0.05) is 227 Å². The zero-order valence-electron chi connectivity index (χ0n) is 44.9. The average Bonchev–Trinajstić information content (AvgIpc) is 3.36. The summed E-state index contributed by atoms with van der Waals surface area (Å²) >= 11 is 9.27. The van der Waals surface area contributed by atoms with Crippen molar-refractivity contribution in [1.82, 2.24) is 0 Å². The zero-order valence-corrected chi connectivity index (χ0v) is 49.5. The molecule has 0 aliphatic heterocycles. The summed E-state index contributed by atoms with van der Waals surface area (Å²) < 4.78 is 3.25. The molecule has 4 atom stereocenters. The molecule has 4 nitrogen and oxygen atoms in total. The molecule has 0 saturated heterocycles. The quantitative estimate of drug-likeness (QED) is 0.0300. The maximum absolute atomic E-state index is 11.5. The average molecular weight is 1100 g/mol. The van der Waals surface area contributed by atoms with Crippen LogP contribution in [-0.2, 0) is 9.59 Å². The molecule has 0 amide bonds. The topological polar surface area (TPSA) is 80.3 Å². The number of hydrogen-bond donors (Lipinski definition) is 2. The number of hydrogen-bond acceptors (Lipinski definition) is 6. The van der Waals surface area contributed by atoms with Gasteiger partial charge in [0, 0.05) is 34.3 Å². The van der Waals surface area contributed by atoms with Crippen molar-refractivity contribution in [2.24, 2.45) is 11.8 Å². The van der Waals surface area contributed by atoms with E-state index in [-0.39, 0.29) is 31.6 Å². The normalized spacial score (nSPS) is 13.0. The molecule has 0 aromatic heterocycles. The van der Waals surface area contributed by atoms with Crippen molar-refractivity contribution in [2.75, 3.05) is 0 Å². The Morgan fingerprint density at radius 2 is 0.667 bits per heavy atom. The van der Waals surface area contributed by atoms with Crippen LogP contribution in [0.5, 0.6) is 0 Å². The van der Waals surface area contributed by atoms with E-state index in [1.54, 1.807) is 8.87 Å². The molecule has 0 aliphatic carbocycles. The summed E-state index contributed by atoms with van der Waals surface area (Å²) in [5, 5.41) is 22.5. The molecular formula is C62H104O4S2Sn. The number of carboxylic acid groups (broad SMARTS) is 2. The summed E-state index contributed by atoms with van der Waals surface area (Å²) in [5.41, 5.74) is 1.92. The fourth-order valence-corrected chi connectivity index (χ4v) is 13.6. The second-order valence-corrected chi connectivity index (χ2v) is 24.9. The molecule has 0 N–H and O–H groups in total. The number of aliphatic carboxylic acids is 2. The molecule has 2 aromatic rings. The number of carbonyl (C=O) groups excluding carboxylic acids is 2. The molecule has 0 saturated carbocycles. The summed E-state index contributed by atoms with van der Waals surface area (Å²) in [6.07, 6.45) is 51.8. The fraction of sp³-hybridized carbons (Fsp3) is 0.710. The first-order valence-electron chi connectivity index (χ1n) is 28.6. The van der Waals surface area contributed by atoms with Crippen LogP contribution in [0.1, 0.15) is 268 Å². The summed E-state index contributed by atoms with van der Waals surface area (Å²) in [6.45, 7) is 9.11. The van der Waals surface area contributed by atoms with Gasteiger partial charge in [-0.15, -0.1) is 0 Å². The number of unbranched alkanes of at least 4 members (excludes halogenated alkanes) is 26. The molecule has 0 radical (unpaired) electrons. The van der Waals surface area contributed by atoms with Crippen molar-refractivity contribution >= 4 is 58.3 Å². The van der Waals surface area contributed by atoms with E-state index in [0.29, 0.717) is 12.8 Å². The molecule has 0 heterocycles. The van der Waals surface area contributed by atoms with Gasteiger partial charge in [-0.05, 0) is 75.3 Å². The van der Waals surface area contributed by atoms with Crippen LogP contribution in [-0.4, -0.2) is 33.1 Å². The predicted octanol–water partition coefficient (Wildman–Crippen LogP) is 18.0. The van der Waals surface area contributed by atoms with Crippen molar-refractivity contribution in [3.8, 4) is 0 Å². The first-order valence-corrected chi connectivity index (χ1v) is 33.7. The van der Waals surface area contributed by atoms with Gasteiger partial charge in [-0.3, -0.25) is 0 Å². The van der Waals surface area contributed by atoms with Crippen LogP contribution in [0.2, 0.25) is 8.87 Å². The van der Waals surface area contributed by atoms with Crippen molar-refractivity contribution < 1.29 is 19.8 Å². The molecule has 2 aromatic carbocycles. The summed E-state index contributed by atoms with van der Waals surface area (Å²) in [4.78, 5) is 23.1. The van der Waals surface area contributed by atoms with E-state index in [9.17, 15) is 19.8 Å². The molecule has 7 heteroatoms. The van der Waals surface area contributed by atoms with Crippen LogP contribution >= 0.6 is 25.3 Å². The number of rotatable bonds is 44. The van der Waals surface area contributed by atoms with E-state index >= 15 is 0 Å². The molecule has 392 valence electrons. The van der Waals surface area contributed by atoms with Crippen LogP contribution in [0.4, 0.5) is 0 Å². The number of benzene rings is 2. The Balaban J connectivity index is 0.00000114. The number of carboxylic acids is 2. The molecule has 4 unspecified atom stereocenters. The number of carbonyl (C=O) groups is 2. The second-order valence-electron chi connectivity index (χ2n) is 19.5. The fourth-order valence-electron chi connectivity index (χ4n) is 8.53. The first kappa shape index (κ1) is 67.4. The van der Waals surface area contributed by atoms with Crippen molar-refractivity contribution in [3.05, 3.63) is 96.1 Å². The second kappa shape index (κ2) is 52.7. The van der Waals surface area contributed by atoms with E-state index in [2.05, 4.69) is 77.3 Å². The SMILES string of the molecule is CCCCCCCCC=CCCCCCCCCC(C(=O)[O-])C(S)c1ccccc1.CCCCCCCCC=CCCCCCCCCC(C(=O)[O-])C(S)c1ccccc1.CCC[CH2][Sn+2][CH2]CCC. The van der Waals surface area contributed by atoms with E-state index in [1.807, 2.05) is 60.7 Å². The van der Waals surface area contributed by atoms with Gasteiger partial charge in [0.1, 0.15) is 0 Å². The molecule has 69 heavy (non-hydrogen) atoms. The third-order valence-corrected chi connectivity index (χ3v) is 18.5. The standard InChI is InChI=1S/2C27H44O2S.2C4H9.Sn/c2*1-2-3-4-5-6-7-8-9-10-11-12-13-14-15-16-20-23-25(27(28)29)26(30)24-21-18-17-19-22-24;2*1-3-4-2;/h2*9-10,17-19,21-22,25-26,30H,2-8,11-16,20,23H2,1H3,(H,28,29);2*1,3-4H2,2H3;/q;;;;+2/p-2. The van der Waals surface area contributed by atoms with Crippen LogP contribution in [0.15, 0.2) is 85.0 Å². The molecule has 0 fully saturated rings. The van der Waals surface area contributed by atoms with Gasteiger partial charge >= 0.3 is 69.5 Å². The Bertz CT molecular complexity index is 1330. The Morgan fingerprint density at radius 1 is 0.406 bits per heavy atom. The monoisotopic (exact) mass is 1100 g/mol. The van der Waals surface area contributed by atoms with Crippen LogP contribution < -0.4 is 10.2 Å². The van der Waals surface area contributed by atoms with Crippen molar-refractivity contribution in [1.29, 1.82) is 0 Å². The Labute approximate surface area is 448 Å². The molecular weight excluding hydrogens is 992 g/mol. The van der Waals surface area contributed by atoms with Crippen molar-refractivity contribution in [2.45, 2.75) is 265 Å². The predicted molar refractivity (Wildman–Crippen MR) is 307 cm³/mol. The molecule has 2 rings (SSSR count). The molecule has 0 bridgehead atoms. The Morgan fingerprint density at radius 3 is 0.942 bits per heavy atom. The van der Waals surface area contributed by atoms with Gasteiger partial charge in [0.2, 0.25) is 0 Å². The van der Waals surface area contributed by atoms with E-state index in [4.69, 9.17) is 0 Å². The minimum absolute atomic E-state index is 0.149. The van der Waals surface area contributed by atoms with Gasteiger partial charge in [0.25, 0.3) is 0 Å². The van der Waals surface area contributed by atoms with Crippen LogP contribution in [0, 0.1) is 11.8 Å². The first-order chi connectivity index (χ1) is 33.7. The molecule has 0 spiro atoms. The Hall–Kier alpha value is -1.64. The summed E-state index contributed by atoms with van der Waals surface area (Å²) in [5.74, 6) is -3.00.